The first kappa shape index (κ1) is 24.7. The minimum absolute atomic E-state index is 0.209. The smallest absolute Gasteiger partial charge is 0.249 e. The van der Waals surface area contributed by atoms with E-state index in [1.165, 1.54) is 13.8 Å². The molecule has 0 aromatic heterocycles. The normalized spacial score (nSPS) is 17.3. The molecule has 0 aliphatic heterocycles. The van der Waals surface area contributed by atoms with E-state index in [9.17, 15) is 24.6 Å². The summed E-state index contributed by atoms with van der Waals surface area (Å²) in [6.45, 7) is 3.63. The van der Waals surface area contributed by atoms with E-state index in [4.69, 9.17) is 9.84 Å². The first-order valence-corrected chi connectivity index (χ1v) is 9.38. The number of rotatable bonds is 12. The van der Waals surface area contributed by atoms with Crippen LogP contribution in [0.2, 0.25) is 0 Å². The summed E-state index contributed by atoms with van der Waals surface area (Å²) in [5, 5.41) is 34.1. The fourth-order valence-corrected chi connectivity index (χ4v) is 2.81. The number of aliphatic hydroxyl groups is 3. The van der Waals surface area contributed by atoms with Gasteiger partial charge in [-0.2, -0.15) is 0 Å². The predicted octanol–water partition coefficient (Wildman–Crippen LogP) is -1.07. The van der Waals surface area contributed by atoms with Crippen molar-refractivity contribution in [3.05, 3.63) is 35.9 Å². The Hall–Kier alpha value is -2.33. The molecule has 0 heterocycles. The minimum atomic E-state index is -1.71. The van der Waals surface area contributed by atoms with Gasteiger partial charge in [-0.25, -0.2) is 0 Å². The molecule has 0 aliphatic rings. The highest BCUT2D eigenvalue weighted by atomic mass is 16.5. The molecule has 162 valence electrons. The van der Waals surface area contributed by atoms with Crippen molar-refractivity contribution in [3.8, 4) is 0 Å². The first-order chi connectivity index (χ1) is 13.7. The van der Waals surface area contributed by atoms with Crippen molar-refractivity contribution in [1.82, 2.24) is 10.6 Å². The van der Waals surface area contributed by atoms with Gasteiger partial charge in [-0.15, -0.1) is 0 Å². The van der Waals surface area contributed by atoms with Crippen molar-refractivity contribution in [1.29, 1.82) is 0 Å². The molecule has 1 aromatic carbocycles. The van der Waals surface area contributed by atoms with Gasteiger partial charge in [-0.05, 0) is 25.8 Å². The second-order valence-electron chi connectivity index (χ2n) is 6.95. The van der Waals surface area contributed by atoms with Crippen LogP contribution in [0.5, 0.6) is 0 Å². The van der Waals surface area contributed by atoms with Crippen LogP contribution in [-0.2, 0) is 25.5 Å². The number of nitrogens with one attached hydrogen (secondary N) is 2. The Labute approximate surface area is 170 Å². The fraction of sp³-hybridized carbons (Fsp3) is 0.550. The van der Waals surface area contributed by atoms with Gasteiger partial charge in [0.15, 0.2) is 0 Å². The highest BCUT2D eigenvalue weighted by Gasteiger charge is 2.36. The maximum atomic E-state index is 12.5. The first-order valence-electron chi connectivity index (χ1n) is 9.38. The molecule has 0 saturated heterocycles. The summed E-state index contributed by atoms with van der Waals surface area (Å²) in [6.07, 6.45) is -4.94. The molecule has 0 fully saturated rings. The average Bonchev–Trinajstić information content (AvgIpc) is 2.69. The molecule has 0 spiro atoms. The zero-order chi connectivity index (χ0) is 22.0. The summed E-state index contributed by atoms with van der Waals surface area (Å²) in [5.41, 5.74) is 1.04. The van der Waals surface area contributed by atoms with Crippen LogP contribution in [0.1, 0.15) is 26.3 Å². The number of hydrogen-bond acceptors (Lipinski definition) is 7. The van der Waals surface area contributed by atoms with Gasteiger partial charge in [0.2, 0.25) is 11.8 Å². The van der Waals surface area contributed by atoms with Gasteiger partial charge in [0.25, 0.3) is 0 Å². The lowest BCUT2D eigenvalue weighted by Crippen LogP contribution is -2.56. The summed E-state index contributed by atoms with van der Waals surface area (Å²) in [4.78, 5) is 35.2. The molecular formula is C20H30N2O7. The van der Waals surface area contributed by atoms with Crippen LogP contribution >= 0.6 is 0 Å². The molecule has 1 aromatic rings. The van der Waals surface area contributed by atoms with Crippen LogP contribution in [0, 0.1) is 0 Å². The summed E-state index contributed by atoms with van der Waals surface area (Å²) >= 11 is 0. The highest BCUT2D eigenvalue weighted by molar-refractivity contribution is 5.81. The van der Waals surface area contributed by atoms with Crippen molar-refractivity contribution in [2.24, 2.45) is 0 Å². The molecule has 29 heavy (non-hydrogen) atoms. The van der Waals surface area contributed by atoms with Crippen molar-refractivity contribution in [2.75, 3.05) is 6.61 Å². The van der Waals surface area contributed by atoms with Crippen molar-refractivity contribution in [2.45, 2.75) is 63.7 Å². The van der Waals surface area contributed by atoms with Crippen LogP contribution < -0.4 is 10.6 Å². The average molecular weight is 410 g/mol. The second kappa shape index (κ2) is 12.3. The van der Waals surface area contributed by atoms with E-state index in [1.54, 1.807) is 0 Å². The van der Waals surface area contributed by atoms with Gasteiger partial charge in [0.05, 0.1) is 6.61 Å². The van der Waals surface area contributed by atoms with E-state index >= 15 is 0 Å². The lowest BCUT2D eigenvalue weighted by atomic mass is 10.0. The zero-order valence-electron chi connectivity index (χ0n) is 16.8. The summed E-state index contributed by atoms with van der Waals surface area (Å²) < 4.78 is 5.52. The van der Waals surface area contributed by atoms with Gasteiger partial charge < -0.3 is 35.5 Å². The Morgan fingerprint density at radius 2 is 1.76 bits per heavy atom. The number of benzene rings is 1. The van der Waals surface area contributed by atoms with E-state index < -0.39 is 48.9 Å². The third kappa shape index (κ3) is 8.28. The fourth-order valence-electron chi connectivity index (χ4n) is 2.81. The number of carbonyl (C=O) groups excluding carboxylic acids is 3. The largest absolute Gasteiger partial charge is 0.394 e. The SMILES string of the molecule is CC(=O)N[C@@H](C=O)[C@@H](O[C@H](C)C(=O)N[C@H](C)Cc1ccccc1)[C@@H](O)[C@H](O)CO. The molecule has 9 heteroatoms. The van der Waals surface area contributed by atoms with Crippen LogP contribution in [-0.4, -0.2) is 76.5 Å². The standard InChI is InChI=1S/C20H30N2O7/c1-12(9-15-7-5-4-6-8-15)21-20(28)13(2)29-19(18(27)17(26)11-24)16(10-23)22-14(3)25/h4-8,10,12-13,16-19,24,26-27H,9,11H2,1-3H3,(H,21,28)(H,22,25)/t12-,13-,16+,17-,18+,19-/m1/s1. The molecule has 0 saturated carbocycles. The molecule has 0 radical (unpaired) electrons. The maximum Gasteiger partial charge on any atom is 0.249 e. The van der Waals surface area contributed by atoms with Gasteiger partial charge in [-0.3, -0.25) is 9.59 Å². The molecule has 2 amide bonds. The van der Waals surface area contributed by atoms with E-state index in [2.05, 4.69) is 10.6 Å². The Balaban J connectivity index is 2.80. The molecular weight excluding hydrogens is 380 g/mol. The lowest BCUT2D eigenvalue weighted by Gasteiger charge is -2.32. The zero-order valence-corrected chi connectivity index (χ0v) is 16.8. The monoisotopic (exact) mass is 410 g/mol. The summed E-state index contributed by atoms with van der Waals surface area (Å²) in [6, 6.07) is 8.04. The number of carbonyl (C=O) groups is 3. The molecule has 1 rings (SSSR count). The van der Waals surface area contributed by atoms with E-state index in [0.29, 0.717) is 12.7 Å². The van der Waals surface area contributed by atoms with Crippen molar-refractivity contribution in [3.63, 3.8) is 0 Å². The Kier molecular flexibility index (Phi) is 10.5. The Bertz CT molecular complexity index is 655. The van der Waals surface area contributed by atoms with Gasteiger partial charge >= 0.3 is 0 Å². The molecule has 0 unspecified atom stereocenters. The quantitative estimate of drug-likeness (QED) is 0.276. The summed E-state index contributed by atoms with van der Waals surface area (Å²) in [7, 11) is 0. The second-order valence-corrected chi connectivity index (χ2v) is 6.95. The minimum Gasteiger partial charge on any atom is -0.394 e. The highest BCUT2D eigenvalue weighted by Crippen LogP contribution is 2.13. The van der Waals surface area contributed by atoms with Crippen LogP contribution in [0.3, 0.4) is 0 Å². The maximum absolute atomic E-state index is 12.5. The number of hydrogen-bond donors (Lipinski definition) is 5. The molecule has 9 nitrogen and oxygen atoms in total. The number of ether oxygens (including phenoxy) is 1. The summed E-state index contributed by atoms with van der Waals surface area (Å²) in [5.74, 6) is -1.05. The van der Waals surface area contributed by atoms with Gasteiger partial charge in [0, 0.05) is 13.0 Å². The molecule has 0 bridgehead atoms. The lowest BCUT2D eigenvalue weighted by molar-refractivity contribution is -0.157. The van der Waals surface area contributed by atoms with Crippen molar-refractivity contribution >= 4 is 18.1 Å². The number of aliphatic hydroxyl groups excluding tert-OH is 3. The van der Waals surface area contributed by atoms with E-state index in [1.807, 2.05) is 37.3 Å². The molecule has 0 aliphatic carbocycles. The number of amides is 2. The topological polar surface area (TPSA) is 145 Å². The molecule has 6 atom stereocenters. The van der Waals surface area contributed by atoms with Crippen molar-refractivity contribution < 1.29 is 34.4 Å². The number of aldehydes is 1. The third-order valence-electron chi connectivity index (χ3n) is 4.29. The van der Waals surface area contributed by atoms with E-state index in [0.717, 1.165) is 5.56 Å². The molecule has 5 N–H and O–H groups in total. The van der Waals surface area contributed by atoms with Crippen LogP contribution in [0.15, 0.2) is 30.3 Å². The predicted molar refractivity (Wildman–Crippen MR) is 105 cm³/mol. The van der Waals surface area contributed by atoms with Crippen LogP contribution in [0.25, 0.3) is 0 Å². The van der Waals surface area contributed by atoms with Gasteiger partial charge in [-0.1, -0.05) is 30.3 Å². The Morgan fingerprint density at radius 1 is 1.14 bits per heavy atom. The third-order valence-corrected chi connectivity index (χ3v) is 4.29. The van der Waals surface area contributed by atoms with Gasteiger partial charge in [0.1, 0.15) is 36.7 Å². The van der Waals surface area contributed by atoms with Crippen LogP contribution in [0.4, 0.5) is 0 Å². The van der Waals surface area contributed by atoms with E-state index in [-0.39, 0.29) is 6.04 Å². The Morgan fingerprint density at radius 3 is 2.28 bits per heavy atom.